The van der Waals surface area contributed by atoms with Crippen LogP contribution in [0.25, 0.3) is 10.8 Å². The molecule has 0 aliphatic rings. The summed E-state index contributed by atoms with van der Waals surface area (Å²) in [7, 11) is -2.95. The molecule has 0 atom stereocenters. The van der Waals surface area contributed by atoms with E-state index in [-0.39, 0.29) is 35.3 Å². The van der Waals surface area contributed by atoms with E-state index >= 15 is 0 Å². The molecule has 0 heterocycles. The van der Waals surface area contributed by atoms with Gasteiger partial charge in [0.05, 0.1) is 5.69 Å². The molecule has 0 spiro atoms. The van der Waals surface area contributed by atoms with Gasteiger partial charge in [0, 0.05) is 5.39 Å². The molecule has 2 aromatic carbocycles. The number of thiol groups is 1. The molecule has 0 amide bonds. The van der Waals surface area contributed by atoms with Gasteiger partial charge in [-0.3, -0.25) is 0 Å². The summed E-state index contributed by atoms with van der Waals surface area (Å²) < 4.78 is 25.7. The monoisotopic (exact) mass is 247 g/mol. The molecule has 0 aromatic heterocycles. The van der Waals surface area contributed by atoms with E-state index < -0.39 is 11.0 Å². The minimum absolute atomic E-state index is 0. The van der Waals surface area contributed by atoms with Crippen molar-refractivity contribution in [3.63, 3.8) is 0 Å². The molecular weight excluding hydrogens is 237 g/mol. The Kier molecular flexibility index (Phi) is 4.61. The molecule has 0 aliphatic heterocycles. The molecule has 16 heavy (non-hydrogen) atoms. The Morgan fingerprint density at radius 3 is 2.44 bits per heavy atom. The first kappa shape index (κ1) is 13.3. The van der Waals surface area contributed by atoms with E-state index in [1.165, 1.54) is 0 Å². The van der Waals surface area contributed by atoms with Crippen molar-refractivity contribution >= 4 is 57.0 Å². The molecule has 2 rings (SSSR count). The maximum absolute atomic E-state index is 10.5. The number of hydrogen-bond donors (Lipinski definition) is 2. The first-order chi connectivity index (χ1) is 7.18. The van der Waals surface area contributed by atoms with Gasteiger partial charge >= 0.3 is 29.6 Å². The number of rotatable bonds is 2. The zero-order valence-corrected chi connectivity index (χ0v) is 8.61. The number of fused-ring (bicyclic) bond motifs is 1. The average Bonchev–Trinajstić information content (AvgIpc) is 2.22. The SMILES string of the molecule is Nc1ccc2ccccc2c1O[SH](=O)=O.[NaH]. The third-order valence-corrected chi connectivity index (χ3v) is 2.41. The van der Waals surface area contributed by atoms with E-state index in [2.05, 4.69) is 4.18 Å². The van der Waals surface area contributed by atoms with Gasteiger partial charge in [0.2, 0.25) is 0 Å². The minimum atomic E-state index is -2.95. The summed E-state index contributed by atoms with van der Waals surface area (Å²) >= 11 is 0. The second-order valence-corrected chi connectivity index (χ2v) is 3.65. The standard InChI is InChI=1S/C10H9NO3S.Na.H/c11-9-6-5-7-3-1-2-4-8(7)10(9)14-15(12)13;;/h1-6,15H,11H2;;. The van der Waals surface area contributed by atoms with Gasteiger partial charge in [0.1, 0.15) is 0 Å². The Morgan fingerprint density at radius 2 is 1.75 bits per heavy atom. The predicted octanol–water partition coefficient (Wildman–Crippen LogP) is 0.679. The molecular formula is C10H10NNaO3S. The quantitative estimate of drug-likeness (QED) is 0.465. The summed E-state index contributed by atoms with van der Waals surface area (Å²) in [5.74, 6) is 0.198. The first-order valence-corrected chi connectivity index (χ1v) is 5.37. The van der Waals surface area contributed by atoms with Crippen LogP contribution in [0.4, 0.5) is 5.69 Å². The second kappa shape index (κ2) is 5.54. The van der Waals surface area contributed by atoms with Crippen molar-refractivity contribution in [3.8, 4) is 5.75 Å². The van der Waals surface area contributed by atoms with Gasteiger partial charge < -0.3 is 9.92 Å². The van der Waals surface area contributed by atoms with Gasteiger partial charge in [-0.05, 0) is 11.5 Å². The van der Waals surface area contributed by atoms with Crippen molar-refractivity contribution in [1.82, 2.24) is 0 Å². The Bertz CT molecular complexity index is 575. The van der Waals surface area contributed by atoms with Gasteiger partial charge in [-0.2, -0.15) is 8.42 Å². The van der Waals surface area contributed by atoms with Gasteiger partial charge in [-0.25, -0.2) is 0 Å². The van der Waals surface area contributed by atoms with Crippen molar-refractivity contribution in [3.05, 3.63) is 36.4 Å². The van der Waals surface area contributed by atoms with E-state index in [1.807, 2.05) is 18.2 Å². The zero-order valence-electron chi connectivity index (χ0n) is 7.71. The molecule has 0 bridgehead atoms. The molecule has 2 N–H and O–H groups in total. The molecule has 6 heteroatoms. The van der Waals surface area contributed by atoms with Crippen LogP contribution in [0.5, 0.6) is 5.75 Å². The van der Waals surface area contributed by atoms with Crippen LogP contribution >= 0.6 is 0 Å². The van der Waals surface area contributed by atoms with E-state index in [0.717, 1.165) is 5.39 Å². The van der Waals surface area contributed by atoms with Crippen LogP contribution in [-0.4, -0.2) is 38.0 Å². The van der Waals surface area contributed by atoms with Gasteiger partial charge in [0.25, 0.3) is 11.0 Å². The molecule has 0 unspecified atom stereocenters. The molecule has 80 valence electrons. The van der Waals surface area contributed by atoms with Crippen LogP contribution in [0.15, 0.2) is 36.4 Å². The van der Waals surface area contributed by atoms with E-state index in [0.29, 0.717) is 11.1 Å². The molecule has 4 nitrogen and oxygen atoms in total. The number of nitrogen functional groups attached to an aromatic ring is 1. The van der Waals surface area contributed by atoms with E-state index in [9.17, 15) is 8.42 Å². The van der Waals surface area contributed by atoms with Crippen molar-refractivity contribution in [2.75, 3.05) is 5.73 Å². The molecule has 0 saturated heterocycles. The fourth-order valence-electron chi connectivity index (χ4n) is 1.44. The fourth-order valence-corrected chi connectivity index (χ4v) is 1.79. The van der Waals surface area contributed by atoms with Crippen molar-refractivity contribution in [1.29, 1.82) is 0 Å². The predicted molar refractivity (Wildman–Crippen MR) is 66.5 cm³/mol. The second-order valence-electron chi connectivity index (χ2n) is 3.02. The number of nitrogens with two attached hydrogens (primary N) is 1. The van der Waals surface area contributed by atoms with Crippen LogP contribution in [0.3, 0.4) is 0 Å². The van der Waals surface area contributed by atoms with Crippen LogP contribution in [0, 0.1) is 0 Å². The number of anilines is 1. The van der Waals surface area contributed by atoms with Crippen LogP contribution < -0.4 is 9.92 Å². The fraction of sp³-hybridized carbons (Fsp3) is 0. The Morgan fingerprint density at radius 1 is 1.06 bits per heavy atom. The number of hydrogen-bond acceptors (Lipinski definition) is 4. The Hall–Kier alpha value is -0.750. The third-order valence-electron chi connectivity index (χ3n) is 2.08. The normalized spacial score (nSPS) is 10.1. The molecule has 0 aliphatic carbocycles. The summed E-state index contributed by atoms with van der Waals surface area (Å²) in [6.45, 7) is 0. The summed E-state index contributed by atoms with van der Waals surface area (Å²) in [6, 6.07) is 10.7. The maximum atomic E-state index is 10.5. The third kappa shape index (κ3) is 2.68. The molecule has 0 fully saturated rings. The molecule has 0 saturated carbocycles. The van der Waals surface area contributed by atoms with E-state index in [1.54, 1.807) is 18.2 Å². The summed E-state index contributed by atoms with van der Waals surface area (Å²) in [5.41, 5.74) is 5.96. The van der Waals surface area contributed by atoms with Crippen LogP contribution in [0.1, 0.15) is 0 Å². The molecule has 2 aromatic rings. The average molecular weight is 247 g/mol. The van der Waals surface area contributed by atoms with Gasteiger partial charge in [-0.15, -0.1) is 0 Å². The summed E-state index contributed by atoms with van der Waals surface area (Å²) in [4.78, 5) is 0. The van der Waals surface area contributed by atoms with Crippen LogP contribution in [0.2, 0.25) is 0 Å². The summed E-state index contributed by atoms with van der Waals surface area (Å²) in [6.07, 6.45) is 0. The van der Waals surface area contributed by atoms with E-state index in [4.69, 9.17) is 5.73 Å². The van der Waals surface area contributed by atoms with Crippen molar-refractivity contribution in [2.45, 2.75) is 0 Å². The van der Waals surface area contributed by atoms with Crippen molar-refractivity contribution < 1.29 is 12.6 Å². The van der Waals surface area contributed by atoms with Crippen LogP contribution in [-0.2, 0) is 11.0 Å². The Labute approximate surface area is 117 Å². The zero-order chi connectivity index (χ0) is 10.8. The first-order valence-electron chi connectivity index (χ1n) is 4.28. The van der Waals surface area contributed by atoms with Gasteiger partial charge in [0.15, 0.2) is 5.75 Å². The number of benzene rings is 2. The Balaban J connectivity index is 0.00000128. The molecule has 0 radical (unpaired) electrons. The van der Waals surface area contributed by atoms with Crippen molar-refractivity contribution in [2.24, 2.45) is 0 Å². The summed E-state index contributed by atoms with van der Waals surface area (Å²) in [5, 5.41) is 1.58. The topological polar surface area (TPSA) is 69.4 Å². The van der Waals surface area contributed by atoms with Gasteiger partial charge in [-0.1, -0.05) is 30.3 Å².